The van der Waals surface area contributed by atoms with Gasteiger partial charge in [-0.05, 0) is 25.0 Å². The summed E-state index contributed by atoms with van der Waals surface area (Å²) in [6.07, 6.45) is 0.985. The first-order valence-electron chi connectivity index (χ1n) is 6.27. The normalized spacial score (nSPS) is 12.2. The van der Waals surface area contributed by atoms with Crippen molar-refractivity contribution in [1.82, 2.24) is 4.90 Å². The lowest BCUT2D eigenvalue weighted by molar-refractivity contribution is 0.0737. The lowest BCUT2D eigenvalue weighted by atomic mass is 10.1. The number of hydrogen-bond donors (Lipinski definition) is 1. The zero-order valence-corrected chi connectivity index (χ0v) is 11.1. The first-order chi connectivity index (χ1) is 8.49. The topological polar surface area (TPSA) is 40.5 Å². The van der Waals surface area contributed by atoms with E-state index in [1.54, 1.807) is 4.90 Å². The van der Waals surface area contributed by atoms with Gasteiger partial charge in [-0.15, -0.1) is 0 Å². The van der Waals surface area contributed by atoms with Crippen LogP contribution in [-0.2, 0) is 0 Å². The van der Waals surface area contributed by atoms with Crippen molar-refractivity contribution in [3.8, 4) is 5.75 Å². The van der Waals surface area contributed by atoms with E-state index in [2.05, 4.69) is 13.8 Å². The number of aromatic hydroxyl groups is 1. The molecule has 1 amide bonds. The molecule has 1 unspecified atom stereocenters. The number of rotatable bonds is 5. The van der Waals surface area contributed by atoms with Gasteiger partial charge in [0.05, 0.1) is 5.56 Å². The summed E-state index contributed by atoms with van der Waals surface area (Å²) in [6, 6.07) is 3.47. The zero-order chi connectivity index (χ0) is 13.7. The van der Waals surface area contributed by atoms with Gasteiger partial charge in [-0.2, -0.15) is 0 Å². The van der Waals surface area contributed by atoms with E-state index in [4.69, 9.17) is 0 Å². The highest BCUT2D eigenvalue weighted by Gasteiger charge is 2.19. The molecule has 18 heavy (non-hydrogen) atoms. The van der Waals surface area contributed by atoms with Crippen molar-refractivity contribution in [2.75, 3.05) is 13.1 Å². The average molecular weight is 253 g/mol. The largest absolute Gasteiger partial charge is 0.507 e. The molecule has 1 rings (SSSR count). The molecule has 0 aliphatic heterocycles. The Morgan fingerprint density at radius 1 is 1.44 bits per heavy atom. The highest BCUT2D eigenvalue weighted by Crippen LogP contribution is 2.20. The van der Waals surface area contributed by atoms with Crippen LogP contribution in [0.1, 0.15) is 37.6 Å². The highest BCUT2D eigenvalue weighted by atomic mass is 19.1. The predicted octanol–water partition coefficient (Wildman–Crippen LogP) is 3.04. The van der Waals surface area contributed by atoms with Crippen LogP contribution in [0.25, 0.3) is 0 Å². The molecule has 1 N–H and O–H groups in total. The van der Waals surface area contributed by atoms with Crippen molar-refractivity contribution in [3.63, 3.8) is 0 Å². The minimum atomic E-state index is -0.547. The van der Waals surface area contributed by atoms with Crippen LogP contribution in [-0.4, -0.2) is 29.0 Å². The molecule has 0 heterocycles. The van der Waals surface area contributed by atoms with Crippen LogP contribution in [0, 0.1) is 11.7 Å². The van der Waals surface area contributed by atoms with Gasteiger partial charge < -0.3 is 10.0 Å². The van der Waals surface area contributed by atoms with Crippen LogP contribution in [0.3, 0.4) is 0 Å². The average Bonchev–Trinajstić information content (AvgIpc) is 2.34. The van der Waals surface area contributed by atoms with Crippen molar-refractivity contribution in [2.24, 2.45) is 5.92 Å². The number of halogens is 1. The summed E-state index contributed by atoms with van der Waals surface area (Å²) >= 11 is 0. The van der Waals surface area contributed by atoms with E-state index in [0.29, 0.717) is 19.0 Å². The van der Waals surface area contributed by atoms with E-state index in [0.717, 1.165) is 12.5 Å². The molecule has 0 aliphatic rings. The SMILES string of the molecule is CCC(C)CN(CC)C(=O)c1ccc(F)cc1O. The number of phenolic OH excluding ortho intramolecular Hbond substituents is 1. The van der Waals surface area contributed by atoms with E-state index < -0.39 is 5.82 Å². The number of amides is 1. The molecule has 1 aromatic carbocycles. The Balaban J connectivity index is 2.89. The highest BCUT2D eigenvalue weighted by molar-refractivity contribution is 5.96. The minimum Gasteiger partial charge on any atom is -0.507 e. The lowest BCUT2D eigenvalue weighted by Crippen LogP contribution is -2.34. The summed E-state index contributed by atoms with van der Waals surface area (Å²) in [5.41, 5.74) is 0.154. The van der Waals surface area contributed by atoms with Gasteiger partial charge in [0, 0.05) is 19.2 Å². The summed E-state index contributed by atoms with van der Waals surface area (Å²) in [5, 5.41) is 9.61. The Bertz CT molecular complexity index is 420. The molecule has 0 fully saturated rings. The van der Waals surface area contributed by atoms with Crippen molar-refractivity contribution >= 4 is 5.91 Å². The molecule has 3 nitrogen and oxygen atoms in total. The van der Waals surface area contributed by atoms with Crippen LogP contribution < -0.4 is 0 Å². The molecule has 0 saturated heterocycles. The number of carbonyl (C=O) groups excluding carboxylic acids is 1. The van der Waals surface area contributed by atoms with Gasteiger partial charge >= 0.3 is 0 Å². The molecule has 0 saturated carbocycles. The van der Waals surface area contributed by atoms with Gasteiger partial charge in [0.2, 0.25) is 0 Å². The van der Waals surface area contributed by atoms with E-state index in [1.807, 2.05) is 6.92 Å². The molecule has 100 valence electrons. The molecule has 0 bridgehead atoms. The second-order valence-electron chi connectivity index (χ2n) is 4.52. The first-order valence-corrected chi connectivity index (χ1v) is 6.27. The van der Waals surface area contributed by atoms with Gasteiger partial charge in [-0.25, -0.2) is 4.39 Å². The first kappa shape index (κ1) is 14.5. The Morgan fingerprint density at radius 2 is 2.11 bits per heavy atom. The van der Waals surface area contributed by atoms with E-state index in [-0.39, 0.29) is 17.2 Å². The molecule has 0 aliphatic carbocycles. The Morgan fingerprint density at radius 3 is 2.61 bits per heavy atom. The van der Waals surface area contributed by atoms with Crippen LogP contribution in [0.4, 0.5) is 4.39 Å². The fourth-order valence-corrected chi connectivity index (χ4v) is 1.72. The van der Waals surface area contributed by atoms with Crippen molar-refractivity contribution in [3.05, 3.63) is 29.6 Å². The number of hydrogen-bond acceptors (Lipinski definition) is 2. The molecule has 1 atom stereocenters. The number of benzene rings is 1. The minimum absolute atomic E-state index is 0.154. The molecular weight excluding hydrogens is 233 g/mol. The van der Waals surface area contributed by atoms with Crippen LogP contribution in [0.2, 0.25) is 0 Å². The number of carbonyl (C=O) groups is 1. The molecule has 0 spiro atoms. The molecule has 0 aromatic heterocycles. The van der Waals surface area contributed by atoms with Crippen LogP contribution >= 0.6 is 0 Å². The zero-order valence-electron chi connectivity index (χ0n) is 11.1. The maximum atomic E-state index is 12.9. The second-order valence-corrected chi connectivity index (χ2v) is 4.52. The fraction of sp³-hybridized carbons (Fsp3) is 0.500. The maximum Gasteiger partial charge on any atom is 0.257 e. The van der Waals surface area contributed by atoms with Crippen molar-refractivity contribution < 1.29 is 14.3 Å². The Labute approximate surface area is 107 Å². The van der Waals surface area contributed by atoms with Gasteiger partial charge in [0.1, 0.15) is 11.6 Å². The molecule has 4 heteroatoms. The number of nitrogens with zero attached hydrogens (tertiary/aromatic N) is 1. The third kappa shape index (κ3) is 3.45. The van der Waals surface area contributed by atoms with Gasteiger partial charge in [-0.3, -0.25) is 4.79 Å². The molecular formula is C14H20FNO2. The summed E-state index contributed by atoms with van der Waals surface area (Å²) in [7, 11) is 0. The smallest absolute Gasteiger partial charge is 0.257 e. The number of phenols is 1. The van der Waals surface area contributed by atoms with E-state index in [9.17, 15) is 14.3 Å². The summed E-state index contributed by atoms with van der Waals surface area (Å²) in [6.45, 7) is 7.24. The molecule has 0 radical (unpaired) electrons. The van der Waals surface area contributed by atoms with Crippen molar-refractivity contribution in [1.29, 1.82) is 0 Å². The fourth-order valence-electron chi connectivity index (χ4n) is 1.72. The monoisotopic (exact) mass is 253 g/mol. The van der Waals surface area contributed by atoms with Crippen LogP contribution in [0.5, 0.6) is 5.75 Å². The van der Waals surface area contributed by atoms with Gasteiger partial charge in [0.15, 0.2) is 0 Å². The summed E-state index contributed by atoms with van der Waals surface area (Å²) in [4.78, 5) is 13.9. The summed E-state index contributed by atoms with van der Waals surface area (Å²) in [5.74, 6) is -0.705. The quantitative estimate of drug-likeness (QED) is 0.876. The van der Waals surface area contributed by atoms with Crippen molar-refractivity contribution in [2.45, 2.75) is 27.2 Å². The predicted molar refractivity (Wildman–Crippen MR) is 69.1 cm³/mol. The standard InChI is InChI=1S/C14H20FNO2/c1-4-10(3)9-16(5-2)14(18)12-7-6-11(15)8-13(12)17/h6-8,10,17H,4-5,9H2,1-3H3. The van der Waals surface area contributed by atoms with Gasteiger partial charge in [-0.1, -0.05) is 20.3 Å². The Hall–Kier alpha value is -1.58. The van der Waals surface area contributed by atoms with Crippen LogP contribution in [0.15, 0.2) is 18.2 Å². The van der Waals surface area contributed by atoms with Gasteiger partial charge in [0.25, 0.3) is 5.91 Å². The molecule has 1 aromatic rings. The second kappa shape index (κ2) is 6.38. The third-order valence-electron chi connectivity index (χ3n) is 3.09. The van der Waals surface area contributed by atoms with E-state index in [1.165, 1.54) is 12.1 Å². The summed E-state index contributed by atoms with van der Waals surface area (Å²) < 4.78 is 12.9. The maximum absolute atomic E-state index is 12.9. The Kier molecular flexibility index (Phi) is 5.13. The van der Waals surface area contributed by atoms with E-state index >= 15 is 0 Å². The lowest BCUT2D eigenvalue weighted by Gasteiger charge is -2.24. The third-order valence-corrected chi connectivity index (χ3v) is 3.09.